The number of benzene rings is 1. The molecule has 1 aliphatic rings. The second kappa shape index (κ2) is 4.74. The maximum absolute atomic E-state index is 4.34. The summed E-state index contributed by atoms with van der Waals surface area (Å²) in [5.41, 5.74) is 2.40. The Morgan fingerprint density at radius 2 is 2.06 bits per heavy atom. The average molecular weight is 275 g/mol. The highest BCUT2D eigenvalue weighted by molar-refractivity contribution is 8.14. The van der Waals surface area contributed by atoms with E-state index in [-0.39, 0.29) is 0 Å². The highest BCUT2D eigenvalue weighted by Crippen LogP contribution is 2.32. The smallest absolute Gasteiger partial charge is 0.183 e. The van der Waals surface area contributed by atoms with Gasteiger partial charge in [0.25, 0.3) is 0 Å². The zero-order valence-electron chi connectivity index (χ0n) is 10.2. The molecule has 0 aliphatic carbocycles. The predicted octanol–water partition coefficient (Wildman–Crippen LogP) is 3.24. The topological polar surface area (TPSA) is 36.8 Å². The second-order valence-corrected chi connectivity index (χ2v) is 6.06. The lowest BCUT2D eigenvalue weighted by molar-refractivity contribution is 1.13. The van der Waals surface area contributed by atoms with Gasteiger partial charge in [-0.2, -0.15) is 5.10 Å². The standard InChI is InChI=1S/C13H13N3S2/c1-8-9-5-3-4-6-11(9)18-12(8)10-7-17-13(14-2)16-15-10/h3-6H,7H2,1-2H3,(H,14,16). The minimum atomic E-state index is 0.882. The number of hydrogen-bond acceptors (Lipinski definition) is 5. The first-order valence-corrected chi connectivity index (χ1v) is 7.53. The molecule has 0 unspecified atom stereocenters. The van der Waals surface area contributed by atoms with Gasteiger partial charge in [-0.1, -0.05) is 30.0 Å². The number of fused-ring (bicyclic) bond motifs is 1. The van der Waals surface area contributed by atoms with E-state index < -0.39 is 0 Å². The molecular weight excluding hydrogens is 262 g/mol. The quantitative estimate of drug-likeness (QED) is 0.867. The van der Waals surface area contributed by atoms with Crippen molar-refractivity contribution >= 4 is 44.1 Å². The molecule has 18 heavy (non-hydrogen) atoms. The first kappa shape index (κ1) is 11.7. The van der Waals surface area contributed by atoms with Crippen molar-refractivity contribution in [2.45, 2.75) is 6.92 Å². The van der Waals surface area contributed by atoms with Gasteiger partial charge in [0.2, 0.25) is 0 Å². The summed E-state index contributed by atoms with van der Waals surface area (Å²) < 4.78 is 1.32. The van der Waals surface area contributed by atoms with Crippen LogP contribution in [0.3, 0.4) is 0 Å². The van der Waals surface area contributed by atoms with Crippen LogP contribution >= 0.6 is 23.1 Å². The van der Waals surface area contributed by atoms with E-state index in [2.05, 4.69) is 46.7 Å². The van der Waals surface area contributed by atoms with Gasteiger partial charge in [-0.05, 0) is 23.9 Å². The van der Waals surface area contributed by atoms with Crippen LogP contribution in [0, 0.1) is 6.92 Å². The molecular formula is C13H13N3S2. The summed E-state index contributed by atoms with van der Waals surface area (Å²) in [5.74, 6) is 0.882. The second-order valence-electron chi connectivity index (χ2n) is 4.04. The molecule has 1 aromatic heterocycles. The van der Waals surface area contributed by atoms with Crippen LogP contribution in [0.2, 0.25) is 0 Å². The molecule has 3 rings (SSSR count). The van der Waals surface area contributed by atoms with Gasteiger partial charge in [-0.3, -0.25) is 0 Å². The number of nitrogens with one attached hydrogen (secondary N) is 1. The number of rotatable bonds is 1. The van der Waals surface area contributed by atoms with Gasteiger partial charge in [0.15, 0.2) is 5.17 Å². The Hall–Kier alpha value is -1.33. The molecule has 1 aliphatic heterocycles. The van der Waals surface area contributed by atoms with Crippen LogP contribution in [0.15, 0.2) is 34.5 Å². The molecule has 5 heteroatoms. The molecule has 0 atom stereocenters. The van der Waals surface area contributed by atoms with E-state index in [0.717, 1.165) is 16.6 Å². The Bertz CT molecular complexity index is 655. The van der Waals surface area contributed by atoms with Crippen molar-refractivity contribution in [1.29, 1.82) is 0 Å². The zero-order valence-corrected chi connectivity index (χ0v) is 11.9. The van der Waals surface area contributed by atoms with Crippen molar-refractivity contribution in [3.8, 4) is 0 Å². The first-order chi connectivity index (χ1) is 8.79. The summed E-state index contributed by atoms with van der Waals surface area (Å²) in [5, 5.41) is 13.8. The summed E-state index contributed by atoms with van der Waals surface area (Å²) in [6.07, 6.45) is 0. The SMILES string of the molecule is CNC1=NN=C(c2sc3ccccc3c2C)CS1. The van der Waals surface area contributed by atoms with Gasteiger partial charge in [0, 0.05) is 17.5 Å². The van der Waals surface area contributed by atoms with Crippen LogP contribution < -0.4 is 5.32 Å². The summed E-state index contributed by atoms with van der Waals surface area (Å²) >= 11 is 3.50. The van der Waals surface area contributed by atoms with Gasteiger partial charge in [0.05, 0.1) is 10.6 Å². The molecule has 1 aromatic carbocycles. The third-order valence-electron chi connectivity index (χ3n) is 2.93. The molecule has 2 aromatic rings. The largest absolute Gasteiger partial charge is 0.366 e. The van der Waals surface area contributed by atoms with Gasteiger partial charge >= 0.3 is 0 Å². The molecule has 0 spiro atoms. The van der Waals surface area contributed by atoms with Crippen LogP contribution in [0.5, 0.6) is 0 Å². The normalized spacial score (nSPS) is 15.4. The van der Waals surface area contributed by atoms with Crippen LogP contribution in [0.25, 0.3) is 10.1 Å². The van der Waals surface area contributed by atoms with E-state index in [0.29, 0.717) is 0 Å². The number of thiophene rings is 1. The van der Waals surface area contributed by atoms with Crippen molar-refractivity contribution in [1.82, 2.24) is 5.32 Å². The molecule has 0 saturated carbocycles. The molecule has 3 nitrogen and oxygen atoms in total. The van der Waals surface area contributed by atoms with Crippen LogP contribution in [0.4, 0.5) is 0 Å². The van der Waals surface area contributed by atoms with E-state index in [4.69, 9.17) is 0 Å². The molecule has 0 fully saturated rings. The van der Waals surface area contributed by atoms with Crippen molar-refractivity contribution in [2.75, 3.05) is 12.8 Å². The van der Waals surface area contributed by atoms with Crippen molar-refractivity contribution < 1.29 is 0 Å². The van der Waals surface area contributed by atoms with Gasteiger partial charge in [-0.25, -0.2) is 0 Å². The van der Waals surface area contributed by atoms with E-state index in [1.54, 1.807) is 23.1 Å². The fourth-order valence-corrected chi connectivity index (χ4v) is 3.98. The van der Waals surface area contributed by atoms with Gasteiger partial charge in [-0.15, -0.1) is 16.4 Å². The Kier molecular flexibility index (Phi) is 3.09. The lowest BCUT2D eigenvalue weighted by Crippen LogP contribution is -2.20. The first-order valence-electron chi connectivity index (χ1n) is 5.73. The Morgan fingerprint density at radius 3 is 2.72 bits per heavy atom. The summed E-state index contributed by atoms with van der Waals surface area (Å²) in [7, 11) is 1.87. The molecule has 0 amide bonds. The van der Waals surface area contributed by atoms with E-state index in [9.17, 15) is 0 Å². The van der Waals surface area contributed by atoms with Gasteiger partial charge in [0.1, 0.15) is 0 Å². The highest BCUT2D eigenvalue weighted by atomic mass is 32.2. The van der Waals surface area contributed by atoms with Crippen LogP contribution in [-0.4, -0.2) is 23.7 Å². The molecule has 0 saturated heterocycles. The Labute approximate surface area is 114 Å². The number of aryl methyl sites for hydroxylation is 1. The minimum absolute atomic E-state index is 0.882. The average Bonchev–Trinajstić information content (AvgIpc) is 2.77. The van der Waals surface area contributed by atoms with Crippen LogP contribution in [0.1, 0.15) is 10.4 Å². The zero-order chi connectivity index (χ0) is 12.5. The summed E-state index contributed by atoms with van der Waals surface area (Å²) in [6.45, 7) is 2.17. The van der Waals surface area contributed by atoms with Crippen LogP contribution in [-0.2, 0) is 0 Å². The maximum Gasteiger partial charge on any atom is 0.183 e. The molecule has 2 heterocycles. The monoisotopic (exact) mass is 275 g/mol. The third kappa shape index (κ3) is 1.93. The van der Waals surface area contributed by atoms with Crippen molar-refractivity contribution in [3.63, 3.8) is 0 Å². The summed E-state index contributed by atoms with van der Waals surface area (Å²) in [6, 6.07) is 8.50. The Morgan fingerprint density at radius 1 is 1.22 bits per heavy atom. The lowest BCUT2D eigenvalue weighted by Gasteiger charge is -2.10. The fourth-order valence-electron chi connectivity index (χ4n) is 1.98. The third-order valence-corrected chi connectivity index (χ3v) is 5.23. The number of hydrogen-bond donors (Lipinski definition) is 1. The molecule has 92 valence electrons. The van der Waals surface area contributed by atoms with E-state index in [1.165, 1.54) is 20.5 Å². The van der Waals surface area contributed by atoms with Crippen molar-refractivity contribution in [2.24, 2.45) is 10.2 Å². The fraction of sp³-hybridized carbons (Fsp3) is 0.231. The maximum atomic E-state index is 4.34. The highest BCUT2D eigenvalue weighted by Gasteiger charge is 2.17. The number of nitrogens with zero attached hydrogens (tertiary/aromatic N) is 2. The summed E-state index contributed by atoms with van der Waals surface area (Å²) in [4.78, 5) is 1.27. The molecule has 1 N–H and O–H groups in total. The minimum Gasteiger partial charge on any atom is -0.366 e. The van der Waals surface area contributed by atoms with E-state index >= 15 is 0 Å². The molecule has 0 radical (unpaired) electrons. The lowest BCUT2D eigenvalue weighted by atomic mass is 10.1. The predicted molar refractivity (Wildman–Crippen MR) is 82.1 cm³/mol. The van der Waals surface area contributed by atoms with Gasteiger partial charge < -0.3 is 5.32 Å². The Balaban J connectivity index is 2.08. The molecule has 0 bridgehead atoms. The number of thioether (sulfide) groups is 1. The van der Waals surface area contributed by atoms with Crippen molar-refractivity contribution in [3.05, 3.63) is 34.7 Å². The van der Waals surface area contributed by atoms with E-state index in [1.807, 2.05) is 7.05 Å². The number of amidine groups is 1.